The van der Waals surface area contributed by atoms with Crippen LogP contribution in [0.25, 0.3) is 0 Å². The molecule has 2 amide bonds. The normalized spacial score (nSPS) is 11.9. The number of amides is 2. The topological polar surface area (TPSA) is 49.4 Å². The molecule has 0 aliphatic heterocycles. The maximum Gasteiger partial charge on any atom is 0.242 e. The number of hydrogen-bond acceptors (Lipinski definition) is 3. The first kappa shape index (κ1) is 23.3. The molecule has 0 heterocycles. The van der Waals surface area contributed by atoms with Gasteiger partial charge in [-0.1, -0.05) is 48.0 Å². The van der Waals surface area contributed by atoms with Crippen LogP contribution in [0.1, 0.15) is 37.5 Å². The van der Waals surface area contributed by atoms with Gasteiger partial charge in [-0.2, -0.15) is 0 Å². The summed E-state index contributed by atoms with van der Waals surface area (Å²) in [5, 5.41) is 3.55. The summed E-state index contributed by atoms with van der Waals surface area (Å²) < 4.78 is 0. The Morgan fingerprint density at radius 1 is 1.07 bits per heavy atom. The van der Waals surface area contributed by atoms with Crippen LogP contribution in [-0.2, 0) is 21.9 Å². The Kier molecular flexibility index (Phi) is 9.05. The maximum atomic E-state index is 13.0. The lowest BCUT2D eigenvalue weighted by Gasteiger charge is -2.29. The summed E-state index contributed by atoms with van der Waals surface area (Å²) in [6.45, 7) is 8.04. The third-order valence-corrected chi connectivity index (χ3v) is 5.83. The Morgan fingerprint density at radius 3 is 2.34 bits per heavy atom. The van der Waals surface area contributed by atoms with Crippen molar-refractivity contribution in [2.24, 2.45) is 0 Å². The third-order valence-electron chi connectivity index (χ3n) is 4.61. The Balaban J connectivity index is 2.07. The van der Waals surface area contributed by atoms with Gasteiger partial charge in [0.1, 0.15) is 6.04 Å². The molecule has 0 aromatic heterocycles. The largest absolute Gasteiger partial charge is 0.352 e. The Labute approximate surface area is 183 Å². The fraction of sp³-hybridized carbons (Fsp3) is 0.391. The summed E-state index contributed by atoms with van der Waals surface area (Å²) in [5.41, 5.74) is 3.38. The molecule has 2 rings (SSSR count). The lowest BCUT2D eigenvalue weighted by Crippen LogP contribution is -2.49. The SMILES string of the molecule is Cc1ccccc1CSCC(=O)N(Cc1ccc(Cl)cc1)C(C)C(=O)NC(C)C. The van der Waals surface area contributed by atoms with Crippen LogP contribution in [0.4, 0.5) is 0 Å². The quantitative estimate of drug-likeness (QED) is 0.617. The molecule has 1 unspecified atom stereocenters. The van der Waals surface area contributed by atoms with E-state index < -0.39 is 6.04 Å². The van der Waals surface area contributed by atoms with Crippen molar-refractivity contribution in [1.82, 2.24) is 10.2 Å². The number of thioether (sulfide) groups is 1. The molecule has 0 saturated heterocycles. The van der Waals surface area contributed by atoms with Crippen molar-refractivity contribution in [3.63, 3.8) is 0 Å². The van der Waals surface area contributed by atoms with Crippen LogP contribution in [0.2, 0.25) is 5.02 Å². The number of aryl methyl sites for hydroxylation is 1. The highest BCUT2D eigenvalue weighted by Gasteiger charge is 2.26. The molecule has 0 aliphatic carbocycles. The van der Waals surface area contributed by atoms with Crippen LogP contribution in [0.3, 0.4) is 0 Å². The highest BCUT2D eigenvalue weighted by atomic mass is 35.5. The fourth-order valence-electron chi connectivity index (χ4n) is 2.88. The standard InChI is InChI=1S/C23H29ClN2O2S/c1-16(2)25-23(28)18(4)26(13-19-9-11-21(24)12-10-19)22(27)15-29-14-20-8-6-5-7-17(20)3/h5-12,16,18H,13-15H2,1-4H3,(H,25,28). The van der Waals surface area contributed by atoms with E-state index in [1.165, 1.54) is 11.1 Å². The molecule has 0 bridgehead atoms. The third kappa shape index (κ3) is 7.41. The summed E-state index contributed by atoms with van der Waals surface area (Å²) >= 11 is 7.54. The van der Waals surface area contributed by atoms with E-state index in [9.17, 15) is 9.59 Å². The Bertz CT molecular complexity index is 824. The summed E-state index contributed by atoms with van der Waals surface area (Å²) in [5.74, 6) is 0.886. The summed E-state index contributed by atoms with van der Waals surface area (Å²) in [7, 11) is 0. The molecule has 29 heavy (non-hydrogen) atoms. The van der Waals surface area contributed by atoms with E-state index in [0.29, 0.717) is 17.3 Å². The van der Waals surface area contributed by atoms with E-state index in [4.69, 9.17) is 11.6 Å². The fourth-order valence-corrected chi connectivity index (χ4v) is 3.99. The minimum atomic E-state index is -0.556. The molecule has 156 valence electrons. The van der Waals surface area contributed by atoms with E-state index in [0.717, 1.165) is 11.3 Å². The average molecular weight is 433 g/mol. The van der Waals surface area contributed by atoms with E-state index in [1.54, 1.807) is 35.7 Å². The second-order valence-electron chi connectivity index (χ2n) is 7.41. The lowest BCUT2D eigenvalue weighted by atomic mass is 10.1. The van der Waals surface area contributed by atoms with Crippen LogP contribution in [0.5, 0.6) is 0 Å². The molecule has 0 radical (unpaired) electrons. The number of nitrogens with one attached hydrogen (secondary N) is 1. The number of halogens is 1. The van der Waals surface area contributed by atoms with Gasteiger partial charge in [0.05, 0.1) is 5.75 Å². The summed E-state index contributed by atoms with van der Waals surface area (Å²) in [6.07, 6.45) is 0. The van der Waals surface area contributed by atoms with Gasteiger partial charge in [-0.3, -0.25) is 9.59 Å². The van der Waals surface area contributed by atoms with Gasteiger partial charge in [0, 0.05) is 23.4 Å². The van der Waals surface area contributed by atoms with Gasteiger partial charge >= 0.3 is 0 Å². The van der Waals surface area contributed by atoms with Crippen molar-refractivity contribution >= 4 is 35.2 Å². The monoisotopic (exact) mass is 432 g/mol. The summed E-state index contributed by atoms with van der Waals surface area (Å²) in [6, 6.07) is 15.0. The number of nitrogens with zero attached hydrogens (tertiary/aromatic N) is 1. The van der Waals surface area contributed by atoms with E-state index in [-0.39, 0.29) is 17.9 Å². The van der Waals surface area contributed by atoms with Gasteiger partial charge in [0.25, 0.3) is 0 Å². The minimum Gasteiger partial charge on any atom is -0.352 e. The van der Waals surface area contributed by atoms with Crippen LogP contribution in [0, 0.1) is 6.92 Å². The van der Waals surface area contributed by atoms with Gasteiger partial charge in [-0.25, -0.2) is 0 Å². The molecule has 0 saturated carbocycles. The van der Waals surface area contributed by atoms with Crippen LogP contribution in [0.15, 0.2) is 48.5 Å². The first-order chi connectivity index (χ1) is 13.8. The molecule has 0 spiro atoms. The molecule has 0 aliphatic rings. The smallest absolute Gasteiger partial charge is 0.242 e. The average Bonchev–Trinajstić information content (AvgIpc) is 2.68. The van der Waals surface area contributed by atoms with Gasteiger partial charge in [-0.15, -0.1) is 11.8 Å². The van der Waals surface area contributed by atoms with Crippen molar-refractivity contribution in [3.8, 4) is 0 Å². The predicted molar refractivity (Wildman–Crippen MR) is 122 cm³/mol. The minimum absolute atomic E-state index is 0.0212. The molecular formula is C23H29ClN2O2S. The van der Waals surface area contributed by atoms with Gasteiger partial charge < -0.3 is 10.2 Å². The van der Waals surface area contributed by atoms with Crippen molar-refractivity contribution in [2.75, 3.05) is 5.75 Å². The van der Waals surface area contributed by atoms with Gasteiger partial charge in [0.15, 0.2) is 0 Å². The molecular weight excluding hydrogens is 404 g/mol. The highest BCUT2D eigenvalue weighted by molar-refractivity contribution is 7.99. The molecule has 2 aromatic carbocycles. The first-order valence-corrected chi connectivity index (χ1v) is 11.3. The highest BCUT2D eigenvalue weighted by Crippen LogP contribution is 2.19. The number of carbonyl (C=O) groups is 2. The van der Waals surface area contributed by atoms with E-state index in [1.807, 2.05) is 38.1 Å². The molecule has 1 N–H and O–H groups in total. The predicted octanol–water partition coefficient (Wildman–Crippen LogP) is 4.82. The molecule has 1 atom stereocenters. The number of rotatable bonds is 9. The lowest BCUT2D eigenvalue weighted by molar-refractivity contribution is -0.138. The van der Waals surface area contributed by atoms with E-state index >= 15 is 0 Å². The van der Waals surface area contributed by atoms with Gasteiger partial charge in [-0.05, 0) is 56.5 Å². The van der Waals surface area contributed by atoms with Crippen LogP contribution >= 0.6 is 23.4 Å². The van der Waals surface area contributed by atoms with Crippen molar-refractivity contribution in [2.45, 2.75) is 52.1 Å². The number of hydrogen-bond donors (Lipinski definition) is 1. The van der Waals surface area contributed by atoms with E-state index in [2.05, 4.69) is 24.4 Å². The van der Waals surface area contributed by atoms with Crippen LogP contribution in [-0.4, -0.2) is 34.6 Å². The van der Waals surface area contributed by atoms with Crippen molar-refractivity contribution < 1.29 is 9.59 Å². The van der Waals surface area contributed by atoms with Crippen LogP contribution < -0.4 is 5.32 Å². The second-order valence-corrected chi connectivity index (χ2v) is 8.83. The van der Waals surface area contributed by atoms with Gasteiger partial charge in [0.2, 0.25) is 11.8 Å². The number of benzene rings is 2. The molecule has 2 aromatic rings. The zero-order chi connectivity index (χ0) is 21.4. The van der Waals surface area contributed by atoms with Crippen molar-refractivity contribution in [1.29, 1.82) is 0 Å². The molecule has 6 heteroatoms. The summed E-state index contributed by atoms with van der Waals surface area (Å²) in [4.78, 5) is 27.2. The Morgan fingerprint density at radius 2 is 1.72 bits per heavy atom. The Hall–Kier alpha value is -1.98. The second kappa shape index (κ2) is 11.3. The number of carbonyl (C=O) groups excluding carboxylic acids is 2. The van der Waals surface area contributed by atoms with Crippen molar-refractivity contribution in [3.05, 3.63) is 70.2 Å². The maximum absolute atomic E-state index is 13.0. The zero-order valence-corrected chi connectivity index (χ0v) is 19.0. The zero-order valence-electron chi connectivity index (χ0n) is 17.4. The first-order valence-electron chi connectivity index (χ1n) is 9.74. The molecule has 4 nitrogen and oxygen atoms in total. The molecule has 0 fully saturated rings.